The van der Waals surface area contributed by atoms with E-state index < -0.39 is 30.1 Å². The van der Waals surface area contributed by atoms with Gasteiger partial charge in [-0.05, 0) is 146 Å². The Labute approximate surface area is 483 Å². The molecule has 4 aliphatic rings. The highest BCUT2D eigenvalue weighted by molar-refractivity contribution is 7.95. The summed E-state index contributed by atoms with van der Waals surface area (Å²) in [5.41, 5.74) is 13.0. The third-order valence-electron chi connectivity index (χ3n) is 15.6. The van der Waals surface area contributed by atoms with Crippen molar-refractivity contribution in [1.82, 2.24) is 0 Å². The van der Waals surface area contributed by atoms with E-state index in [-0.39, 0.29) is 20.6 Å². The summed E-state index contributed by atoms with van der Waals surface area (Å²) < 4.78 is 93.9. The minimum absolute atomic E-state index is 0.178. The van der Waals surface area contributed by atoms with Crippen LogP contribution < -0.4 is 10.2 Å². The maximum absolute atomic E-state index is 14.7. The molecule has 0 aromatic heterocycles. The van der Waals surface area contributed by atoms with Crippen molar-refractivity contribution < 1.29 is 44.3 Å². The summed E-state index contributed by atoms with van der Waals surface area (Å²) in [6.07, 6.45) is 15.0. The second-order valence-corrected chi connectivity index (χ2v) is 26.6. The van der Waals surface area contributed by atoms with Crippen LogP contribution in [0.2, 0.25) is 0 Å². The molecule has 0 fully saturated rings. The topological polar surface area (TPSA) is 171 Å². The van der Waals surface area contributed by atoms with Crippen LogP contribution in [-0.2, 0) is 40.9 Å². The van der Waals surface area contributed by atoms with Gasteiger partial charge in [0.2, 0.25) is 15.5 Å². The fourth-order valence-electron chi connectivity index (χ4n) is 11.5. The molecule has 12 rings (SSSR count). The highest BCUT2D eigenvalue weighted by Gasteiger charge is 2.44. The Balaban J connectivity index is 0.000000209. The van der Waals surface area contributed by atoms with E-state index in [0.29, 0.717) is 22.6 Å². The predicted octanol–water partition coefficient (Wildman–Crippen LogP) is 13.4. The Kier molecular flexibility index (Phi) is 16.9. The molecule has 0 saturated carbocycles. The number of anilines is 1. The lowest BCUT2D eigenvalue weighted by Gasteiger charge is -2.25. The van der Waals surface area contributed by atoms with E-state index in [2.05, 4.69) is 190 Å². The summed E-state index contributed by atoms with van der Waals surface area (Å²) >= 11 is 0. The molecule has 3 aliphatic heterocycles. The largest absolute Gasteiger partial charge is 0.744 e. The van der Waals surface area contributed by atoms with Gasteiger partial charge in [-0.3, -0.25) is 5.32 Å². The number of hydrogen-bond acceptors (Lipinski definition) is 9. The molecular weight excluding hydrogens is 1080 g/mol. The highest BCUT2D eigenvalue weighted by Crippen LogP contribution is 2.50. The van der Waals surface area contributed by atoms with Crippen molar-refractivity contribution in [3.63, 3.8) is 0 Å². The zero-order valence-electron chi connectivity index (χ0n) is 47.3. The third kappa shape index (κ3) is 12.2. The van der Waals surface area contributed by atoms with Crippen LogP contribution >= 0.6 is 0 Å². The minimum Gasteiger partial charge on any atom is -0.744 e. The van der Waals surface area contributed by atoms with Crippen molar-refractivity contribution in [1.29, 1.82) is 0 Å². The lowest BCUT2D eigenvalue weighted by atomic mass is 9.78. The van der Waals surface area contributed by atoms with Gasteiger partial charge in [-0.2, -0.15) is 4.58 Å². The second-order valence-electron chi connectivity index (χ2n) is 21.9. The number of quaternary nitrogens is 1. The third-order valence-corrected chi connectivity index (χ3v) is 19.3. The molecule has 420 valence electrons. The molecule has 0 spiro atoms. The number of benzene rings is 8. The van der Waals surface area contributed by atoms with E-state index >= 15 is 0 Å². The Morgan fingerprint density at radius 2 is 1.10 bits per heavy atom. The molecule has 14 heteroatoms. The minimum atomic E-state index is -4.27. The molecule has 8 aromatic carbocycles. The van der Waals surface area contributed by atoms with Crippen LogP contribution in [0.15, 0.2) is 243 Å². The highest BCUT2D eigenvalue weighted by atomic mass is 32.2. The van der Waals surface area contributed by atoms with Crippen molar-refractivity contribution >= 4 is 80.5 Å². The zero-order valence-corrected chi connectivity index (χ0v) is 49.7. The van der Waals surface area contributed by atoms with Gasteiger partial charge in [0.15, 0.2) is 5.71 Å². The first-order chi connectivity index (χ1) is 38.9. The van der Waals surface area contributed by atoms with Crippen molar-refractivity contribution in [3.8, 4) is 0 Å². The number of fused-ring (bicyclic) bond motifs is 7. The summed E-state index contributed by atoms with van der Waals surface area (Å²) in [5, 5.41) is 7.09. The van der Waals surface area contributed by atoms with Gasteiger partial charge in [0.1, 0.15) is 33.0 Å². The van der Waals surface area contributed by atoms with Crippen molar-refractivity contribution in [3.05, 3.63) is 256 Å². The molecule has 0 saturated heterocycles. The molecule has 82 heavy (non-hydrogen) atoms. The molecule has 0 amide bonds. The number of nitrogens with zero attached hydrogens (tertiary/aromatic N) is 2. The number of para-hydroxylation sites is 1. The number of hydrogen-bond donors (Lipinski definition) is 1. The number of sulfone groups is 1. The number of nitrogens with two attached hydrogens (primary N) is 1. The van der Waals surface area contributed by atoms with Crippen LogP contribution in [0.25, 0.3) is 27.6 Å². The zero-order chi connectivity index (χ0) is 58.8. The molecule has 0 unspecified atom stereocenters. The number of rotatable bonds is 7. The monoisotopic (exact) mass is 1150 g/mol. The van der Waals surface area contributed by atoms with Crippen LogP contribution in [-0.4, -0.2) is 58.7 Å². The standard InChI is InChI=1S/C46H45N2O2S.C8H7N.2C7H8O3S/c1-45(2)40(47(5)38-27-23-31-15-10-12-21-36(31)42(38)45)29-25-33-17-14-18-34(44(33)51(49,50)35-19-8-7-9-20-35)26-30-41-46(3,4)43-37-22-13-11-16-32(37)24-28-39(43)48(41)6;1-2-4-8-7(3-1)5-6-9-8;2*1-6-2-4-7(5-3-6)11(8,9)10/h7-13,15-16,19-30H,14,17-18H2,1-6H3;1-6,9H;2*2-5H,1H3,(H,8,9,10)/q+1;;;/p-1. The van der Waals surface area contributed by atoms with Crippen molar-refractivity contribution in [2.75, 3.05) is 19.0 Å². The predicted molar refractivity (Wildman–Crippen MR) is 328 cm³/mol. The van der Waals surface area contributed by atoms with Crippen molar-refractivity contribution in [2.24, 2.45) is 0 Å². The lowest BCUT2D eigenvalue weighted by molar-refractivity contribution is -0.491. The normalized spacial score (nSPS) is 17.0. The number of aryl methyl sites for hydroxylation is 2. The molecule has 0 radical (unpaired) electrons. The smallest absolute Gasteiger partial charge is 0.210 e. The maximum atomic E-state index is 14.7. The van der Waals surface area contributed by atoms with Gasteiger partial charge >= 0.3 is 0 Å². The molecule has 0 bridgehead atoms. The van der Waals surface area contributed by atoms with Crippen LogP contribution in [0.3, 0.4) is 0 Å². The molecule has 1 aliphatic carbocycles. The van der Waals surface area contributed by atoms with Crippen LogP contribution in [0.5, 0.6) is 0 Å². The van der Waals surface area contributed by atoms with Gasteiger partial charge in [-0.1, -0.05) is 146 Å². The quantitative estimate of drug-likeness (QED) is 0.0926. The Bertz CT molecular complexity index is 4240. The van der Waals surface area contributed by atoms with Gasteiger partial charge in [0, 0.05) is 59.3 Å². The van der Waals surface area contributed by atoms with Gasteiger partial charge < -0.3 is 14.0 Å². The van der Waals surface area contributed by atoms with Gasteiger partial charge in [-0.25, -0.2) is 25.3 Å². The van der Waals surface area contributed by atoms with Crippen LogP contribution in [0.4, 0.5) is 17.1 Å². The van der Waals surface area contributed by atoms with E-state index in [9.17, 15) is 34.4 Å². The Morgan fingerprint density at radius 3 is 1.68 bits per heavy atom. The van der Waals surface area contributed by atoms with Gasteiger partial charge in [0.05, 0.1) is 31.2 Å². The average Bonchev–Trinajstić information content (AvgIpc) is 3.36. The van der Waals surface area contributed by atoms with Crippen LogP contribution in [0.1, 0.15) is 74.8 Å². The van der Waals surface area contributed by atoms with Crippen LogP contribution in [0, 0.1) is 13.8 Å². The fourth-order valence-corrected chi connectivity index (χ4v) is 14.2. The molecule has 3 heterocycles. The van der Waals surface area contributed by atoms with E-state index in [1.807, 2.05) is 32.0 Å². The first-order valence-corrected chi connectivity index (χ1v) is 31.4. The summed E-state index contributed by atoms with van der Waals surface area (Å²) in [7, 11) is -8.10. The van der Waals surface area contributed by atoms with Gasteiger partial charge in [0.25, 0.3) is 0 Å². The second kappa shape index (κ2) is 23.6. The van der Waals surface area contributed by atoms with E-state index in [1.165, 1.54) is 79.6 Å². The van der Waals surface area contributed by atoms with Crippen molar-refractivity contribution in [2.45, 2.75) is 86.3 Å². The molecule has 0 atom stereocenters. The molecule has 8 aromatic rings. The fraction of sp³-hybridized carbons (Fsp3) is 0.191. The summed E-state index contributed by atoms with van der Waals surface area (Å²) in [6.45, 7) is 12.7. The molecular formula is C68H67N3O8S3. The molecule has 2 N–H and O–H groups in total. The van der Waals surface area contributed by atoms with Gasteiger partial charge in [-0.15, -0.1) is 0 Å². The number of likely N-dealkylation sites (N-methyl/N-ethyl adjacent to an activating group) is 1. The lowest BCUT2D eigenvalue weighted by Crippen LogP contribution is -2.69. The summed E-state index contributed by atoms with van der Waals surface area (Å²) in [5.74, 6) is 0. The Morgan fingerprint density at radius 1 is 0.561 bits per heavy atom. The number of allylic oxidation sites excluding steroid dienone is 7. The summed E-state index contributed by atoms with van der Waals surface area (Å²) in [6, 6.07) is 54.8. The molecule has 11 nitrogen and oxygen atoms in total. The average molecular weight is 1150 g/mol. The first-order valence-electron chi connectivity index (χ1n) is 27.1. The Hall–Kier alpha value is -7.82. The van der Waals surface area contributed by atoms with E-state index in [0.717, 1.165) is 40.1 Å². The maximum Gasteiger partial charge on any atom is 0.210 e. The van der Waals surface area contributed by atoms with E-state index in [4.69, 9.17) is 0 Å². The SMILES string of the molecule is C1=Cc2ccccc2[NH2+]1.CN1/C(=C/C=C2\CCCC(/C=C/C3=[N+](C)c4ccc5ccccc5c4C3(C)C)=C2S(=O)(=O)c2ccccc2)C(C)(C)c2c1ccc1ccccc21.Cc1ccc(S(=O)(=O)[O-])cc1.Cc1ccc(S(=O)(=O)[O-])cc1. The van der Waals surface area contributed by atoms with E-state index in [1.54, 1.807) is 36.4 Å². The first kappa shape index (κ1) is 58.8. The summed E-state index contributed by atoms with van der Waals surface area (Å²) in [4.78, 5) is 2.68.